The number of nitrogens with one attached hydrogen (secondary N) is 1. The molecule has 2 aromatic carbocycles. The zero-order chi connectivity index (χ0) is 20.8. The number of thioether (sulfide) groups is 1. The van der Waals surface area contributed by atoms with Crippen LogP contribution in [0.15, 0.2) is 59.8 Å². The number of aromatic nitrogens is 3. The van der Waals surface area contributed by atoms with Gasteiger partial charge in [-0.3, -0.25) is 14.3 Å². The molecule has 3 aromatic rings. The van der Waals surface area contributed by atoms with Crippen molar-refractivity contribution < 1.29 is 4.79 Å². The van der Waals surface area contributed by atoms with E-state index in [2.05, 4.69) is 27.3 Å². The first-order chi connectivity index (χ1) is 14.0. The summed E-state index contributed by atoms with van der Waals surface area (Å²) in [7, 11) is 4.01. The monoisotopic (exact) mass is 429 g/mol. The number of carbonyl (C=O) groups excluding carboxylic acids is 1. The van der Waals surface area contributed by atoms with Crippen LogP contribution in [0.5, 0.6) is 0 Å². The summed E-state index contributed by atoms with van der Waals surface area (Å²) in [5.41, 5.74) is 1.74. The Morgan fingerprint density at radius 3 is 2.48 bits per heavy atom. The van der Waals surface area contributed by atoms with Crippen LogP contribution in [-0.2, 0) is 4.79 Å². The first kappa shape index (κ1) is 21.4. The lowest BCUT2D eigenvalue weighted by Crippen LogP contribution is -2.20. The minimum Gasteiger partial charge on any atom is -0.326 e. The highest BCUT2D eigenvalue weighted by Gasteiger charge is 2.21. The van der Waals surface area contributed by atoms with Crippen LogP contribution >= 0.6 is 23.4 Å². The maximum atomic E-state index is 12.2. The minimum atomic E-state index is -0.0249. The summed E-state index contributed by atoms with van der Waals surface area (Å²) in [6.45, 7) is 2.08. The van der Waals surface area contributed by atoms with Gasteiger partial charge in [-0.15, -0.1) is 10.2 Å². The standard InChI is InChI=1S/C21H24ClN5OS/c1-15(26(2)3)20-24-25-21(27(20)18-11-9-16(22)10-12-18)29-14-13-19(28)23-17-7-5-4-6-8-17/h4-12,15H,13-14H2,1-3H3,(H,23,28). The molecule has 0 saturated heterocycles. The number of carbonyl (C=O) groups is 1. The Bertz CT molecular complexity index is 943. The Labute approximate surface area is 180 Å². The first-order valence-electron chi connectivity index (χ1n) is 9.31. The van der Waals surface area contributed by atoms with Crippen LogP contribution in [0.1, 0.15) is 25.2 Å². The second kappa shape index (κ2) is 9.91. The second-order valence-corrected chi connectivity index (χ2v) is 8.30. The fourth-order valence-electron chi connectivity index (χ4n) is 2.69. The third-order valence-electron chi connectivity index (χ3n) is 4.51. The van der Waals surface area contributed by atoms with E-state index < -0.39 is 0 Å². The maximum absolute atomic E-state index is 12.2. The highest BCUT2D eigenvalue weighted by atomic mass is 35.5. The molecule has 0 spiro atoms. The van der Waals surface area contributed by atoms with Gasteiger partial charge < -0.3 is 5.32 Å². The van der Waals surface area contributed by atoms with Crippen molar-refractivity contribution in [2.24, 2.45) is 0 Å². The molecule has 0 aliphatic rings. The van der Waals surface area contributed by atoms with Gasteiger partial charge in [0.2, 0.25) is 5.91 Å². The molecule has 0 saturated carbocycles. The topological polar surface area (TPSA) is 63.1 Å². The van der Waals surface area contributed by atoms with E-state index in [-0.39, 0.29) is 11.9 Å². The Morgan fingerprint density at radius 1 is 1.14 bits per heavy atom. The molecule has 0 bridgehead atoms. The van der Waals surface area contributed by atoms with Gasteiger partial charge in [0, 0.05) is 28.6 Å². The zero-order valence-corrected chi connectivity index (χ0v) is 18.2. The molecule has 6 nitrogen and oxygen atoms in total. The fourth-order valence-corrected chi connectivity index (χ4v) is 3.71. The summed E-state index contributed by atoms with van der Waals surface area (Å²) in [6.07, 6.45) is 0.381. The number of halogens is 1. The maximum Gasteiger partial charge on any atom is 0.225 e. The number of hydrogen-bond acceptors (Lipinski definition) is 5. The predicted octanol–water partition coefficient (Wildman–Crippen LogP) is 4.66. The molecule has 1 atom stereocenters. The lowest BCUT2D eigenvalue weighted by molar-refractivity contribution is -0.115. The number of nitrogens with zero attached hydrogens (tertiary/aromatic N) is 4. The summed E-state index contributed by atoms with van der Waals surface area (Å²) in [6, 6.07) is 17.1. The average Bonchev–Trinajstić information content (AvgIpc) is 3.12. The van der Waals surface area contributed by atoms with E-state index in [0.29, 0.717) is 17.2 Å². The highest BCUT2D eigenvalue weighted by molar-refractivity contribution is 7.99. The second-order valence-electron chi connectivity index (χ2n) is 6.80. The molecule has 0 radical (unpaired) electrons. The normalized spacial score (nSPS) is 12.2. The van der Waals surface area contributed by atoms with E-state index >= 15 is 0 Å². The van der Waals surface area contributed by atoms with Crippen LogP contribution in [-0.4, -0.2) is 45.4 Å². The Kier molecular flexibility index (Phi) is 7.30. The Balaban J connectivity index is 1.73. The number of hydrogen-bond donors (Lipinski definition) is 1. The Morgan fingerprint density at radius 2 is 1.83 bits per heavy atom. The fraction of sp³-hybridized carbons (Fsp3) is 0.286. The van der Waals surface area contributed by atoms with Gasteiger partial charge in [-0.2, -0.15) is 0 Å². The molecule has 8 heteroatoms. The van der Waals surface area contributed by atoms with Crippen molar-refractivity contribution in [1.82, 2.24) is 19.7 Å². The van der Waals surface area contributed by atoms with Gasteiger partial charge in [0.15, 0.2) is 11.0 Å². The average molecular weight is 430 g/mol. The predicted molar refractivity (Wildman–Crippen MR) is 119 cm³/mol. The van der Waals surface area contributed by atoms with E-state index in [0.717, 1.165) is 22.4 Å². The van der Waals surface area contributed by atoms with E-state index in [1.54, 1.807) is 0 Å². The SMILES string of the molecule is CC(c1nnc(SCCC(=O)Nc2ccccc2)n1-c1ccc(Cl)cc1)N(C)C. The number of amides is 1. The van der Waals surface area contributed by atoms with E-state index in [1.165, 1.54) is 11.8 Å². The smallest absolute Gasteiger partial charge is 0.225 e. The third kappa shape index (κ3) is 5.59. The summed E-state index contributed by atoms with van der Waals surface area (Å²) >= 11 is 7.56. The highest BCUT2D eigenvalue weighted by Crippen LogP contribution is 2.27. The molecule has 1 amide bonds. The molecular weight excluding hydrogens is 406 g/mol. The van der Waals surface area contributed by atoms with Crippen LogP contribution in [0.3, 0.4) is 0 Å². The third-order valence-corrected chi connectivity index (χ3v) is 5.69. The molecule has 152 valence electrons. The van der Waals surface area contributed by atoms with Crippen LogP contribution in [0.25, 0.3) is 5.69 Å². The molecular formula is C21H24ClN5OS. The van der Waals surface area contributed by atoms with Crippen LogP contribution in [0.2, 0.25) is 5.02 Å². The lowest BCUT2D eigenvalue weighted by Gasteiger charge is -2.20. The van der Waals surface area contributed by atoms with Crippen molar-refractivity contribution in [3.8, 4) is 5.69 Å². The number of para-hydroxylation sites is 1. The summed E-state index contributed by atoms with van der Waals surface area (Å²) < 4.78 is 2.03. The lowest BCUT2D eigenvalue weighted by atomic mass is 10.2. The number of benzene rings is 2. The van der Waals surface area contributed by atoms with E-state index in [4.69, 9.17) is 11.6 Å². The molecule has 0 aliphatic heterocycles. The van der Waals surface area contributed by atoms with Gasteiger partial charge in [0.05, 0.1) is 6.04 Å². The van der Waals surface area contributed by atoms with Gasteiger partial charge >= 0.3 is 0 Å². The van der Waals surface area contributed by atoms with Crippen LogP contribution < -0.4 is 5.32 Å². The van der Waals surface area contributed by atoms with Crippen molar-refractivity contribution in [1.29, 1.82) is 0 Å². The molecule has 1 heterocycles. The van der Waals surface area contributed by atoms with Gasteiger partial charge in [0.25, 0.3) is 0 Å². The summed E-state index contributed by atoms with van der Waals surface area (Å²) in [5.74, 6) is 1.41. The summed E-state index contributed by atoms with van der Waals surface area (Å²) in [5, 5.41) is 13.1. The first-order valence-corrected chi connectivity index (χ1v) is 10.7. The van der Waals surface area contributed by atoms with Gasteiger partial charge in [0.1, 0.15) is 0 Å². The van der Waals surface area contributed by atoms with Gasteiger partial charge in [-0.05, 0) is 57.4 Å². The molecule has 0 aliphatic carbocycles. The quantitative estimate of drug-likeness (QED) is 0.527. The van der Waals surface area contributed by atoms with Crippen molar-refractivity contribution in [2.75, 3.05) is 25.2 Å². The molecule has 1 unspecified atom stereocenters. The van der Waals surface area contributed by atoms with E-state index in [9.17, 15) is 4.79 Å². The molecule has 3 rings (SSSR count). The molecule has 0 fully saturated rings. The number of anilines is 1. The Hall–Kier alpha value is -2.35. The van der Waals surface area contributed by atoms with Crippen LogP contribution in [0.4, 0.5) is 5.69 Å². The number of rotatable bonds is 8. The van der Waals surface area contributed by atoms with Crippen molar-refractivity contribution in [2.45, 2.75) is 24.5 Å². The summed E-state index contributed by atoms with van der Waals surface area (Å²) in [4.78, 5) is 14.3. The van der Waals surface area contributed by atoms with Crippen LogP contribution in [0, 0.1) is 0 Å². The largest absolute Gasteiger partial charge is 0.326 e. The molecule has 29 heavy (non-hydrogen) atoms. The van der Waals surface area contributed by atoms with Gasteiger partial charge in [-0.1, -0.05) is 41.6 Å². The van der Waals surface area contributed by atoms with Gasteiger partial charge in [-0.25, -0.2) is 0 Å². The van der Waals surface area contributed by atoms with Crippen molar-refractivity contribution >= 4 is 35.0 Å². The van der Waals surface area contributed by atoms with E-state index in [1.807, 2.05) is 73.3 Å². The van der Waals surface area contributed by atoms with Crippen molar-refractivity contribution in [3.05, 3.63) is 65.4 Å². The van der Waals surface area contributed by atoms with Crippen molar-refractivity contribution in [3.63, 3.8) is 0 Å². The molecule has 1 aromatic heterocycles. The zero-order valence-electron chi connectivity index (χ0n) is 16.7. The minimum absolute atomic E-state index is 0.0249. The molecule has 1 N–H and O–H groups in total.